The lowest BCUT2D eigenvalue weighted by molar-refractivity contribution is 0.0222. The molecule has 17 heavy (non-hydrogen) atoms. The molecule has 3 nitrogen and oxygen atoms in total. The number of hydrogen-bond donors (Lipinski definition) is 1. The summed E-state index contributed by atoms with van der Waals surface area (Å²) < 4.78 is 12.3. The van der Waals surface area contributed by atoms with Crippen molar-refractivity contribution in [2.24, 2.45) is 5.73 Å². The minimum Gasteiger partial charge on any atom is -0.489 e. The van der Waals surface area contributed by atoms with Crippen molar-refractivity contribution in [1.29, 1.82) is 0 Å². The molecule has 2 atom stereocenters. The first-order valence-corrected chi connectivity index (χ1v) is 6.79. The maximum absolute atomic E-state index is 6.06. The Kier molecular flexibility index (Phi) is 4.68. The van der Waals surface area contributed by atoms with Crippen LogP contribution in [0.15, 0.2) is 22.7 Å². The minimum atomic E-state index is 0.128. The molecule has 0 amide bonds. The van der Waals surface area contributed by atoms with Gasteiger partial charge in [-0.3, -0.25) is 0 Å². The highest BCUT2D eigenvalue weighted by atomic mass is 79.9. The molecule has 2 rings (SSSR count). The quantitative estimate of drug-likeness (QED) is 0.927. The molecule has 1 heterocycles. The molecule has 1 aromatic rings. The molecule has 0 aromatic heterocycles. The first-order valence-electron chi connectivity index (χ1n) is 5.62. The van der Waals surface area contributed by atoms with Crippen molar-refractivity contribution in [3.8, 4) is 5.75 Å². The second kappa shape index (κ2) is 6.05. The van der Waals surface area contributed by atoms with Crippen molar-refractivity contribution in [3.05, 3.63) is 27.7 Å². The van der Waals surface area contributed by atoms with Gasteiger partial charge in [-0.15, -0.1) is 0 Å². The van der Waals surface area contributed by atoms with E-state index < -0.39 is 0 Å². The van der Waals surface area contributed by atoms with Crippen molar-refractivity contribution in [3.63, 3.8) is 0 Å². The lowest BCUT2D eigenvalue weighted by Gasteiger charge is -2.14. The Labute approximate surface area is 114 Å². The van der Waals surface area contributed by atoms with Gasteiger partial charge in [-0.1, -0.05) is 27.5 Å². The summed E-state index contributed by atoms with van der Waals surface area (Å²) in [6.45, 7) is 1.10. The first kappa shape index (κ1) is 13.1. The van der Waals surface area contributed by atoms with Gasteiger partial charge >= 0.3 is 0 Å². The summed E-state index contributed by atoms with van der Waals surface area (Å²) in [5.41, 5.74) is 5.55. The van der Waals surface area contributed by atoms with Gasteiger partial charge in [-0.2, -0.15) is 0 Å². The first-order chi connectivity index (χ1) is 8.19. The Morgan fingerprint density at radius 1 is 1.41 bits per heavy atom. The van der Waals surface area contributed by atoms with Gasteiger partial charge in [0.15, 0.2) is 0 Å². The van der Waals surface area contributed by atoms with E-state index in [1.165, 1.54) is 0 Å². The third kappa shape index (κ3) is 3.58. The number of benzene rings is 1. The molecule has 0 aliphatic carbocycles. The van der Waals surface area contributed by atoms with E-state index in [2.05, 4.69) is 15.9 Å². The van der Waals surface area contributed by atoms with Gasteiger partial charge in [0.2, 0.25) is 0 Å². The molecule has 1 aliphatic rings. The topological polar surface area (TPSA) is 44.5 Å². The number of ether oxygens (including phenoxy) is 2. The van der Waals surface area contributed by atoms with Gasteiger partial charge in [-0.25, -0.2) is 0 Å². The fraction of sp³-hybridized carbons (Fsp3) is 0.500. The Hall–Kier alpha value is -0.290. The van der Waals surface area contributed by atoms with Crippen molar-refractivity contribution >= 4 is 27.5 Å². The Bertz CT molecular complexity index is 389. The van der Waals surface area contributed by atoms with Gasteiger partial charge < -0.3 is 15.2 Å². The highest BCUT2D eigenvalue weighted by Crippen LogP contribution is 2.28. The van der Waals surface area contributed by atoms with Crippen LogP contribution in [0.2, 0.25) is 5.02 Å². The van der Waals surface area contributed by atoms with E-state index in [0.29, 0.717) is 23.9 Å². The number of hydrogen-bond acceptors (Lipinski definition) is 3. The lowest BCUT2D eigenvalue weighted by Crippen LogP contribution is -2.23. The molecule has 5 heteroatoms. The average Bonchev–Trinajstić information content (AvgIpc) is 2.76. The molecular formula is C12H15BrClNO2. The monoisotopic (exact) mass is 319 g/mol. The second-order valence-electron chi connectivity index (χ2n) is 4.08. The van der Waals surface area contributed by atoms with Gasteiger partial charge in [0.1, 0.15) is 12.4 Å². The zero-order valence-corrected chi connectivity index (χ0v) is 11.7. The van der Waals surface area contributed by atoms with E-state index in [9.17, 15) is 0 Å². The van der Waals surface area contributed by atoms with Crippen LogP contribution in [-0.4, -0.2) is 25.4 Å². The average molecular weight is 321 g/mol. The Morgan fingerprint density at radius 2 is 2.18 bits per heavy atom. The van der Waals surface area contributed by atoms with Crippen LogP contribution in [0.1, 0.15) is 12.8 Å². The fourth-order valence-corrected chi connectivity index (χ4v) is 2.58. The van der Waals surface area contributed by atoms with Crippen LogP contribution < -0.4 is 10.5 Å². The van der Waals surface area contributed by atoms with Crippen LogP contribution in [0.25, 0.3) is 0 Å². The predicted octanol–water partition coefficient (Wildman–Crippen LogP) is 2.99. The molecule has 1 saturated heterocycles. The number of rotatable bonds is 4. The van der Waals surface area contributed by atoms with Crippen molar-refractivity contribution in [2.45, 2.75) is 25.0 Å². The van der Waals surface area contributed by atoms with E-state index >= 15 is 0 Å². The van der Waals surface area contributed by atoms with Crippen LogP contribution in [0.5, 0.6) is 5.75 Å². The predicted molar refractivity (Wildman–Crippen MR) is 71.6 cm³/mol. The normalized spacial score (nSPS) is 23.9. The summed E-state index contributed by atoms with van der Waals surface area (Å²) in [6.07, 6.45) is 2.32. The number of halogens is 2. The van der Waals surface area contributed by atoms with Crippen LogP contribution >= 0.6 is 27.5 Å². The summed E-state index contributed by atoms with van der Waals surface area (Å²) >= 11 is 9.41. The van der Waals surface area contributed by atoms with E-state index in [1.807, 2.05) is 18.2 Å². The van der Waals surface area contributed by atoms with E-state index in [4.69, 9.17) is 26.8 Å². The molecule has 0 spiro atoms. The van der Waals surface area contributed by atoms with Crippen molar-refractivity contribution < 1.29 is 9.47 Å². The van der Waals surface area contributed by atoms with Gasteiger partial charge in [0.25, 0.3) is 0 Å². The van der Waals surface area contributed by atoms with E-state index in [1.54, 1.807) is 0 Å². The van der Waals surface area contributed by atoms with Crippen molar-refractivity contribution in [1.82, 2.24) is 0 Å². The van der Waals surface area contributed by atoms with Gasteiger partial charge in [0.05, 0.1) is 17.2 Å². The molecule has 2 unspecified atom stereocenters. The zero-order chi connectivity index (χ0) is 12.3. The summed E-state index contributed by atoms with van der Waals surface area (Å²) in [4.78, 5) is 0. The van der Waals surface area contributed by atoms with Crippen LogP contribution in [0.3, 0.4) is 0 Å². The smallest absolute Gasteiger partial charge is 0.138 e. The van der Waals surface area contributed by atoms with Gasteiger partial charge in [0, 0.05) is 11.0 Å². The molecule has 94 valence electrons. The summed E-state index contributed by atoms with van der Waals surface area (Å²) in [7, 11) is 0. The molecule has 0 saturated carbocycles. The molecule has 1 aliphatic heterocycles. The summed E-state index contributed by atoms with van der Waals surface area (Å²) in [6, 6.07) is 5.57. The lowest BCUT2D eigenvalue weighted by atomic mass is 10.2. The van der Waals surface area contributed by atoms with Crippen LogP contribution in [-0.2, 0) is 4.74 Å². The van der Waals surface area contributed by atoms with Crippen LogP contribution in [0, 0.1) is 0 Å². The highest BCUT2D eigenvalue weighted by molar-refractivity contribution is 9.10. The zero-order valence-electron chi connectivity index (χ0n) is 9.36. The molecule has 2 N–H and O–H groups in total. The Morgan fingerprint density at radius 3 is 2.82 bits per heavy atom. The maximum Gasteiger partial charge on any atom is 0.138 e. The third-order valence-corrected chi connectivity index (χ3v) is 3.57. The SMILES string of the molecule is NCC1CCC(COc2ccc(Br)cc2Cl)O1. The molecule has 0 bridgehead atoms. The standard InChI is InChI=1S/C12H15BrClNO2/c13-8-1-4-12(11(14)5-8)16-7-10-3-2-9(6-15)17-10/h1,4-5,9-10H,2-3,6-7,15H2. The molecular weight excluding hydrogens is 305 g/mol. The maximum atomic E-state index is 6.06. The van der Waals surface area contributed by atoms with Crippen molar-refractivity contribution in [2.75, 3.05) is 13.2 Å². The third-order valence-electron chi connectivity index (χ3n) is 2.78. The molecule has 1 fully saturated rings. The van der Waals surface area contributed by atoms with E-state index in [0.717, 1.165) is 17.3 Å². The summed E-state index contributed by atoms with van der Waals surface area (Å²) in [5.74, 6) is 0.690. The van der Waals surface area contributed by atoms with E-state index in [-0.39, 0.29) is 12.2 Å². The Balaban J connectivity index is 1.86. The fourth-order valence-electron chi connectivity index (χ4n) is 1.85. The highest BCUT2D eigenvalue weighted by Gasteiger charge is 2.24. The second-order valence-corrected chi connectivity index (χ2v) is 5.40. The molecule has 0 radical (unpaired) electrons. The van der Waals surface area contributed by atoms with Crippen LogP contribution in [0.4, 0.5) is 0 Å². The minimum absolute atomic E-state index is 0.128. The van der Waals surface area contributed by atoms with Gasteiger partial charge in [-0.05, 0) is 31.0 Å². The molecule has 1 aromatic carbocycles. The summed E-state index contributed by atoms with van der Waals surface area (Å²) in [5, 5.41) is 0.604. The largest absolute Gasteiger partial charge is 0.489 e. The number of nitrogens with two attached hydrogens (primary N) is 1.